The first-order chi connectivity index (χ1) is 9.13. The molecule has 0 aromatic heterocycles. The van der Waals surface area contributed by atoms with Crippen LogP contribution in [0.5, 0.6) is 11.5 Å². The third kappa shape index (κ3) is 2.98. The van der Waals surface area contributed by atoms with Crippen molar-refractivity contribution in [2.75, 3.05) is 13.2 Å². The number of aliphatic hydroxyl groups is 1. The lowest BCUT2D eigenvalue weighted by Gasteiger charge is -2.28. The number of aliphatic hydroxyl groups excluding tert-OH is 1. The summed E-state index contributed by atoms with van der Waals surface area (Å²) in [6, 6.07) is 4.21. The zero-order valence-electron chi connectivity index (χ0n) is 10.7. The fraction of sp³-hybridized carbons (Fsp3) is 0.500. The Bertz CT molecular complexity index is 455. The lowest BCUT2D eigenvalue weighted by atomic mass is 10.1. The van der Waals surface area contributed by atoms with Crippen LogP contribution in [0.15, 0.2) is 18.2 Å². The first-order valence-electron chi connectivity index (χ1n) is 6.57. The Balaban J connectivity index is 2.20. The number of phenols is 2. The second kappa shape index (κ2) is 5.93. The second-order valence-electron chi connectivity index (χ2n) is 4.86. The van der Waals surface area contributed by atoms with Gasteiger partial charge in [-0.15, -0.1) is 0 Å². The monoisotopic (exact) mass is 265 g/mol. The van der Waals surface area contributed by atoms with Crippen molar-refractivity contribution in [3.63, 3.8) is 0 Å². The van der Waals surface area contributed by atoms with Gasteiger partial charge in [-0.1, -0.05) is 12.8 Å². The van der Waals surface area contributed by atoms with E-state index in [0.29, 0.717) is 12.1 Å². The minimum absolute atomic E-state index is 0.0771. The van der Waals surface area contributed by atoms with Crippen LogP contribution >= 0.6 is 0 Å². The van der Waals surface area contributed by atoms with E-state index in [0.717, 1.165) is 25.7 Å². The Morgan fingerprint density at radius 3 is 2.47 bits per heavy atom. The van der Waals surface area contributed by atoms with E-state index in [1.165, 1.54) is 18.2 Å². The van der Waals surface area contributed by atoms with E-state index < -0.39 is 0 Å². The number of carbonyl (C=O) groups is 1. The van der Waals surface area contributed by atoms with Gasteiger partial charge >= 0.3 is 0 Å². The standard InChI is InChI=1S/C14H19NO4/c16-8-7-15(11-3-1-2-4-11)14(19)10-5-6-12(17)13(18)9-10/h5-6,9,11,16-18H,1-4,7-8H2. The van der Waals surface area contributed by atoms with Crippen LogP contribution in [-0.4, -0.2) is 45.3 Å². The van der Waals surface area contributed by atoms with Gasteiger partial charge < -0.3 is 20.2 Å². The summed E-state index contributed by atoms with van der Waals surface area (Å²) in [7, 11) is 0. The number of nitrogens with zero attached hydrogens (tertiary/aromatic N) is 1. The van der Waals surface area contributed by atoms with Crippen LogP contribution < -0.4 is 0 Å². The van der Waals surface area contributed by atoms with Crippen LogP contribution in [0.2, 0.25) is 0 Å². The number of carbonyl (C=O) groups excluding carboxylic acids is 1. The number of hydrogen-bond acceptors (Lipinski definition) is 4. The molecule has 5 heteroatoms. The Morgan fingerprint density at radius 2 is 1.89 bits per heavy atom. The largest absolute Gasteiger partial charge is 0.504 e. The van der Waals surface area contributed by atoms with Crippen LogP contribution in [0.25, 0.3) is 0 Å². The normalized spacial score (nSPS) is 15.6. The van der Waals surface area contributed by atoms with Gasteiger partial charge in [-0.3, -0.25) is 4.79 Å². The van der Waals surface area contributed by atoms with Crippen LogP contribution in [0.3, 0.4) is 0 Å². The number of benzene rings is 1. The van der Waals surface area contributed by atoms with E-state index >= 15 is 0 Å². The lowest BCUT2D eigenvalue weighted by Crippen LogP contribution is -2.40. The fourth-order valence-corrected chi connectivity index (χ4v) is 2.60. The average molecular weight is 265 g/mol. The summed E-state index contributed by atoms with van der Waals surface area (Å²) in [6.07, 6.45) is 4.10. The molecule has 1 saturated carbocycles. The zero-order chi connectivity index (χ0) is 13.8. The van der Waals surface area contributed by atoms with E-state index in [-0.39, 0.29) is 30.1 Å². The molecule has 1 aliphatic carbocycles. The van der Waals surface area contributed by atoms with Gasteiger partial charge in [0.05, 0.1) is 6.61 Å². The molecule has 0 spiro atoms. The molecule has 104 valence electrons. The molecule has 1 fully saturated rings. The van der Waals surface area contributed by atoms with Gasteiger partial charge in [-0.05, 0) is 31.0 Å². The molecule has 5 nitrogen and oxygen atoms in total. The quantitative estimate of drug-likeness (QED) is 0.720. The van der Waals surface area contributed by atoms with E-state index in [9.17, 15) is 15.0 Å². The summed E-state index contributed by atoms with van der Waals surface area (Å²) in [4.78, 5) is 14.1. The Hall–Kier alpha value is -1.75. The van der Waals surface area contributed by atoms with Gasteiger partial charge in [0.2, 0.25) is 0 Å². The number of phenolic OH excluding ortho intramolecular Hbond substituents is 2. The van der Waals surface area contributed by atoms with Gasteiger partial charge in [0.25, 0.3) is 5.91 Å². The third-order valence-corrected chi connectivity index (χ3v) is 3.59. The lowest BCUT2D eigenvalue weighted by molar-refractivity contribution is 0.0637. The van der Waals surface area contributed by atoms with Gasteiger partial charge in [-0.25, -0.2) is 0 Å². The molecule has 1 aliphatic rings. The molecule has 0 saturated heterocycles. The number of amides is 1. The molecule has 0 atom stereocenters. The molecule has 0 radical (unpaired) electrons. The molecule has 2 rings (SSSR count). The maximum atomic E-state index is 12.4. The van der Waals surface area contributed by atoms with Gasteiger partial charge in [0.15, 0.2) is 11.5 Å². The second-order valence-corrected chi connectivity index (χ2v) is 4.86. The first-order valence-corrected chi connectivity index (χ1v) is 6.57. The Morgan fingerprint density at radius 1 is 1.21 bits per heavy atom. The van der Waals surface area contributed by atoms with Crippen molar-refractivity contribution in [2.45, 2.75) is 31.7 Å². The zero-order valence-corrected chi connectivity index (χ0v) is 10.7. The van der Waals surface area contributed by atoms with E-state index in [1.807, 2.05) is 0 Å². The highest BCUT2D eigenvalue weighted by Crippen LogP contribution is 2.28. The SMILES string of the molecule is O=C(c1ccc(O)c(O)c1)N(CCO)C1CCCC1. The molecular formula is C14H19NO4. The van der Waals surface area contributed by atoms with Crippen LogP contribution in [0.4, 0.5) is 0 Å². The van der Waals surface area contributed by atoms with E-state index in [2.05, 4.69) is 0 Å². The van der Waals surface area contributed by atoms with Gasteiger partial charge in [-0.2, -0.15) is 0 Å². The highest BCUT2D eigenvalue weighted by Gasteiger charge is 2.27. The summed E-state index contributed by atoms with van der Waals surface area (Å²) in [5.41, 5.74) is 0.329. The van der Waals surface area contributed by atoms with Crippen molar-refractivity contribution < 1.29 is 20.1 Å². The highest BCUT2D eigenvalue weighted by molar-refractivity contribution is 5.95. The van der Waals surface area contributed by atoms with Crippen molar-refractivity contribution in [3.8, 4) is 11.5 Å². The van der Waals surface area contributed by atoms with Crippen molar-refractivity contribution in [3.05, 3.63) is 23.8 Å². The first kappa shape index (κ1) is 13.7. The summed E-state index contributed by atoms with van der Waals surface area (Å²) >= 11 is 0. The highest BCUT2D eigenvalue weighted by atomic mass is 16.3. The topological polar surface area (TPSA) is 81.0 Å². The molecule has 1 aromatic rings. The van der Waals surface area contributed by atoms with Crippen LogP contribution in [0.1, 0.15) is 36.0 Å². The van der Waals surface area contributed by atoms with Gasteiger partial charge in [0, 0.05) is 18.2 Å². The molecule has 1 amide bonds. The Kier molecular flexibility index (Phi) is 4.27. The molecular weight excluding hydrogens is 246 g/mol. The molecule has 0 bridgehead atoms. The molecule has 3 N–H and O–H groups in total. The van der Waals surface area contributed by atoms with Crippen molar-refractivity contribution in [2.24, 2.45) is 0 Å². The smallest absolute Gasteiger partial charge is 0.254 e. The van der Waals surface area contributed by atoms with Gasteiger partial charge in [0.1, 0.15) is 0 Å². The summed E-state index contributed by atoms with van der Waals surface area (Å²) in [6.45, 7) is 0.220. The molecule has 0 unspecified atom stereocenters. The predicted molar refractivity (Wildman–Crippen MR) is 70.1 cm³/mol. The number of aromatic hydroxyl groups is 2. The van der Waals surface area contributed by atoms with Crippen LogP contribution in [-0.2, 0) is 0 Å². The number of hydrogen-bond donors (Lipinski definition) is 3. The third-order valence-electron chi connectivity index (χ3n) is 3.59. The van der Waals surface area contributed by atoms with E-state index in [1.54, 1.807) is 4.90 Å². The molecule has 19 heavy (non-hydrogen) atoms. The van der Waals surface area contributed by atoms with Crippen molar-refractivity contribution in [1.29, 1.82) is 0 Å². The summed E-state index contributed by atoms with van der Waals surface area (Å²) in [5, 5.41) is 27.8. The number of rotatable bonds is 4. The van der Waals surface area contributed by atoms with Crippen molar-refractivity contribution >= 4 is 5.91 Å². The average Bonchev–Trinajstić information content (AvgIpc) is 2.92. The van der Waals surface area contributed by atoms with Crippen molar-refractivity contribution in [1.82, 2.24) is 4.90 Å². The maximum absolute atomic E-state index is 12.4. The fourth-order valence-electron chi connectivity index (χ4n) is 2.60. The Labute approximate surface area is 112 Å². The maximum Gasteiger partial charge on any atom is 0.254 e. The molecule has 0 aliphatic heterocycles. The molecule has 0 heterocycles. The summed E-state index contributed by atoms with van der Waals surface area (Å²) in [5.74, 6) is -0.761. The van der Waals surface area contributed by atoms with Crippen LogP contribution in [0, 0.1) is 0 Å². The predicted octanol–water partition coefficient (Wildman–Crippen LogP) is 1.47. The molecule has 1 aromatic carbocycles. The van der Waals surface area contributed by atoms with E-state index in [4.69, 9.17) is 5.11 Å². The minimum Gasteiger partial charge on any atom is -0.504 e. The summed E-state index contributed by atoms with van der Waals surface area (Å²) < 4.78 is 0. The minimum atomic E-state index is -0.304.